The van der Waals surface area contributed by atoms with Gasteiger partial charge >= 0.3 is 0 Å². The van der Waals surface area contributed by atoms with E-state index in [1.54, 1.807) is 6.20 Å². The van der Waals surface area contributed by atoms with Gasteiger partial charge in [0, 0.05) is 89.4 Å². The van der Waals surface area contributed by atoms with Crippen LogP contribution in [0.2, 0.25) is 0 Å². The number of hydrogen-bond acceptors (Lipinski definition) is 11. The van der Waals surface area contributed by atoms with Gasteiger partial charge in [-0.3, -0.25) is 48.1 Å². The van der Waals surface area contributed by atoms with Gasteiger partial charge < -0.3 is 68.5 Å². The number of carbonyl (C=O) groups excluding carboxylic acids is 9. The molecule has 5 aromatic rings. The lowest BCUT2D eigenvalue weighted by molar-refractivity contribution is -0.149. The van der Waals surface area contributed by atoms with Crippen molar-refractivity contribution in [2.45, 2.75) is 133 Å². The number of nitrogens with one attached hydrogen (secondary N) is 7. The Morgan fingerprint density at radius 1 is 0.778 bits per heavy atom. The number of fused-ring (bicyclic) bond motifs is 2. The molecule has 7 atom stereocenters. The van der Waals surface area contributed by atoms with Crippen molar-refractivity contribution in [1.82, 2.24) is 56.2 Å². The van der Waals surface area contributed by atoms with E-state index >= 15 is 14.4 Å². The molecule has 2 aromatic heterocycles. The van der Waals surface area contributed by atoms with E-state index in [1.165, 1.54) is 50.4 Å². The summed E-state index contributed by atoms with van der Waals surface area (Å²) in [5, 5.41) is 16.4. The highest BCUT2D eigenvalue weighted by Gasteiger charge is 2.40. The second kappa shape index (κ2) is 29.4. The van der Waals surface area contributed by atoms with Crippen LogP contribution in [0.5, 0.6) is 0 Å². The Hall–Kier alpha value is -8.83. The summed E-state index contributed by atoms with van der Waals surface area (Å²) in [6, 6.07) is 11.3. The number of amides is 9. The smallest absolute Gasteiger partial charge is 0.246 e. The molecule has 1 aliphatic heterocycles. The van der Waals surface area contributed by atoms with Crippen LogP contribution in [0.15, 0.2) is 90.4 Å². The van der Waals surface area contributed by atoms with Crippen LogP contribution in [-0.4, -0.2) is 165 Å². The molecule has 24 heteroatoms. The van der Waals surface area contributed by atoms with Gasteiger partial charge in [0.05, 0.1) is 12.7 Å². The Balaban J connectivity index is 1.46. The SMILES string of the molecule is CCCC[C@@H](NC(C)=O)C(=O)N[C@H]1CC(=O)NCCCC[C@@H](C(N)=O)N(C)C(=O)[C@H](Cc2c[nH]c3ccccc23)NC(=O)[C@H](CCCN=C(N)N)NC(=O)[C@@H](Cc2ccc3ccccc3c2)N(C)C(=O)[C@H](Cc2cnc[nH]2)N(C)C1=O. The standard InChI is InChI=1S/C57H77N15O9/c1-6-7-18-42(66-34(2)73)51(76)69-45-30-49(74)62-24-13-12-21-46(50(58)75)70(3)54(79)44(28-38-31-64-41-19-11-10-17-40(38)41)68-52(77)43(20-14-25-63-57(59)60)67-53(78)47(27-35-22-23-36-15-8-9-16-37(36)26-35)71(4)56(81)48(72(5)55(45)80)29-39-32-61-33-65-39/h8-11,15-17,19,22-23,26,31-33,42-48,64H,6-7,12-14,18,20-21,24-25,27-30H2,1-5H3,(H2,58,75)(H,61,65)(H,62,74)(H,66,73)(H,67,78)(H,68,77)(H,69,76)(H4,59,60,63)/t42-,43+,44+,45+,46+,47-,48+/m1/s1. The number of nitrogens with two attached hydrogens (primary N) is 3. The van der Waals surface area contributed by atoms with Gasteiger partial charge in [-0.2, -0.15) is 0 Å². The minimum Gasteiger partial charge on any atom is -0.370 e. The van der Waals surface area contributed by atoms with E-state index in [9.17, 15) is 28.8 Å². The molecule has 0 radical (unpaired) electrons. The number of hydrogen-bond donors (Lipinski definition) is 10. The second-order valence-electron chi connectivity index (χ2n) is 20.6. The lowest BCUT2D eigenvalue weighted by Crippen LogP contribution is -2.61. The first kappa shape index (κ1) is 61.4. The molecule has 24 nitrogen and oxygen atoms in total. The largest absolute Gasteiger partial charge is 0.370 e. The van der Waals surface area contributed by atoms with E-state index in [0.717, 1.165) is 26.6 Å². The molecule has 13 N–H and O–H groups in total. The number of carbonyl (C=O) groups is 9. The molecule has 1 saturated heterocycles. The number of unbranched alkanes of at least 4 members (excludes halogenated alkanes) is 1. The molecular weight excluding hydrogens is 1040 g/mol. The molecule has 6 rings (SSSR count). The van der Waals surface area contributed by atoms with Crippen molar-refractivity contribution in [2.75, 3.05) is 34.2 Å². The van der Waals surface area contributed by atoms with Gasteiger partial charge in [-0.05, 0) is 66.5 Å². The Morgan fingerprint density at radius 2 is 1.49 bits per heavy atom. The molecule has 0 bridgehead atoms. The van der Waals surface area contributed by atoms with Crippen LogP contribution in [0.1, 0.15) is 88.5 Å². The number of para-hydroxylation sites is 1. The zero-order valence-electron chi connectivity index (χ0n) is 46.7. The van der Waals surface area contributed by atoms with Gasteiger partial charge in [0.25, 0.3) is 0 Å². The fourth-order valence-electron chi connectivity index (χ4n) is 10.1. The van der Waals surface area contributed by atoms with Crippen molar-refractivity contribution in [1.29, 1.82) is 0 Å². The van der Waals surface area contributed by atoms with E-state index in [2.05, 4.69) is 46.5 Å². The third-order valence-electron chi connectivity index (χ3n) is 14.6. The normalized spacial score (nSPS) is 21.0. The number of guanidine groups is 1. The molecule has 3 aromatic carbocycles. The highest BCUT2D eigenvalue weighted by Crippen LogP contribution is 2.23. The van der Waals surface area contributed by atoms with Crippen LogP contribution >= 0.6 is 0 Å². The lowest BCUT2D eigenvalue weighted by Gasteiger charge is -2.36. The summed E-state index contributed by atoms with van der Waals surface area (Å²) < 4.78 is 0. The number of benzene rings is 3. The van der Waals surface area contributed by atoms with E-state index in [0.29, 0.717) is 29.7 Å². The van der Waals surface area contributed by atoms with Crippen LogP contribution in [0, 0.1) is 0 Å². The van der Waals surface area contributed by atoms with Gasteiger partial charge in [-0.25, -0.2) is 4.98 Å². The number of likely N-dealkylation sites (N-methyl/N-ethyl adjacent to an activating group) is 3. The van der Waals surface area contributed by atoms with Crippen molar-refractivity contribution in [3.05, 3.63) is 102 Å². The van der Waals surface area contributed by atoms with E-state index in [-0.39, 0.29) is 76.8 Å². The number of imidazole rings is 1. The van der Waals surface area contributed by atoms with Gasteiger partial charge in [-0.15, -0.1) is 0 Å². The Labute approximate surface area is 470 Å². The first-order valence-corrected chi connectivity index (χ1v) is 27.4. The summed E-state index contributed by atoms with van der Waals surface area (Å²) in [5.41, 5.74) is 19.8. The van der Waals surface area contributed by atoms with E-state index in [1.807, 2.05) is 73.7 Å². The predicted octanol–water partition coefficient (Wildman–Crippen LogP) is 0.931. The molecule has 0 spiro atoms. The maximum absolute atomic E-state index is 15.5. The number of nitrogens with zero attached hydrogens (tertiary/aromatic N) is 5. The van der Waals surface area contributed by atoms with Crippen LogP contribution in [0.3, 0.4) is 0 Å². The summed E-state index contributed by atoms with van der Waals surface area (Å²) in [6.45, 7) is 3.28. The zero-order chi connectivity index (χ0) is 58.8. The molecule has 0 unspecified atom stereocenters. The number of primary amides is 1. The number of H-pyrrole nitrogens is 2. The maximum Gasteiger partial charge on any atom is 0.246 e. The van der Waals surface area contributed by atoms with Crippen molar-refractivity contribution >= 4 is 80.8 Å². The summed E-state index contributed by atoms with van der Waals surface area (Å²) in [7, 11) is 4.17. The molecule has 1 fully saturated rings. The third-order valence-corrected chi connectivity index (χ3v) is 14.6. The van der Waals surface area contributed by atoms with Crippen molar-refractivity contribution in [2.24, 2.45) is 22.2 Å². The average Bonchev–Trinajstić information content (AvgIpc) is 4.13. The maximum atomic E-state index is 15.5. The van der Waals surface area contributed by atoms with Gasteiger partial charge in [0.1, 0.15) is 42.3 Å². The molecule has 3 heterocycles. The quantitative estimate of drug-likeness (QED) is 0.0353. The van der Waals surface area contributed by atoms with Crippen LogP contribution in [0.4, 0.5) is 0 Å². The predicted molar refractivity (Wildman–Crippen MR) is 305 cm³/mol. The molecule has 81 heavy (non-hydrogen) atoms. The number of rotatable bonds is 17. The van der Waals surface area contributed by atoms with Crippen LogP contribution in [0.25, 0.3) is 21.7 Å². The topological polar surface area (TPSA) is 358 Å². The first-order valence-electron chi connectivity index (χ1n) is 27.4. The Kier molecular flexibility index (Phi) is 22.3. The molecular formula is C57H77N15O9. The summed E-state index contributed by atoms with van der Waals surface area (Å²) in [5.74, 6) is -6.66. The number of aliphatic imine (C=N–C) groups is 1. The average molecular weight is 1120 g/mol. The fraction of sp³-hybridized carbons (Fsp3) is 0.456. The third kappa shape index (κ3) is 17.1. The molecule has 9 amide bonds. The van der Waals surface area contributed by atoms with E-state index < -0.39 is 102 Å². The van der Waals surface area contributed by atoms with Gasteiger partial charge in [-0.1, -0.05) is 80.4 Å². The first-order chi connectivity index (χ1) is 38.8. The lowest BCUT2D eigenvalue weighted by atomic mass is 9.98. The summed E-state index contributed by atoms with van der Waals surface area (Å²) in [4.78, 5) is 147. The minimum atomic E-state index is -1.57. The Morgan fingerprint density at radius 3 is 2.20 bits per heavy atom. The summed E-state index contributed by atoms with van der Waals surface area (Å²) >= 11 is 0. The monoisotopic (exact) mass is 1120 g/mol. The van der Waals surface area contributed by atoms with Crippen molar-refractivity contribution < 1.29 is 43.2 Å². The number of aromatic nitrogens is 3. The molecule has 434 valence electrons. The minimum absolute atomic E-state index is 0.0485. The van der Waals surface area contributed by atoms with Crippen molar-refractivity contribution in [3.63, 3.8) is 0 Å². The highest BCUT2D eigenvalue weighted by molar-refractivity contribution is 5.99. The fourth-order valence-corrected chi connectivity index (χ4v) is 10.1. The van der Waals surface area contributed by atoms with Crippen LogP contribution < -0.4 is 43.8 Å². The molecule has 0 aliphatic carbocycles. The van der Waals surface area contributed by atoms with E-state index in [4.69, 9.17) is 17.2 Å². The van der Waals surface area contributed by atoms with Crippen LogP contribution in [-0.2, 0) is 62.4 Å². The highest BCUT2D eigenvalue weighted by atomic mass is 16.2. The van der Waals surface area contributed by atoms with Gasteiger partial charge in [0.2, 0.25) is 53.2 Å². The second-order valence-corrected chi connectivity index (χ2v) is 20.6. The zero-order valence-corrected chi connectivity index (χ0v) is 46.7. The Bertz CT molecular complexity index is 3050. The molecule has 1 aliphatic rings. The van der Waals surface area contributed by atoms with Crippen molar-refractivity contribution in [3.8, 4) is 0 Å². The number of aromatic amines is 2. The molecule has 0 saturated carbocycles. The van der Waals surface area contributed by atoms with Gasteiger partial charge in [0.15, 0.2) is 5.96 Å². The summed E-state index contributed by atoms with van der Waals surface area (Å²) in [6.07, 6.45) is 5.89.